The normalized spacial score (nSPS) is 11.4. The molecule has 0 aliphatic carbocycles. The fraction of sp³-hybridized carbons (Fsp3) is 0.800. The molecular formula is C5H13ClN2. The highest BCUT2D eigenvalue weighted by Gasteiger charge is 2.02. The molecule has 0 aromatic carbocycles. The van der Waals surface area contributed by atoms with E-state index in [1.165, 1.54) is 6.34 Å². The van der Waals surface area contributed by atoms with E-state index in [1.807, 2.05) is 20.8 Å². The van der Waals surface area contributed by atoms with E-state index < -0.39 is 0 Å². The van der Waals surface area contributed by atoms with Crippen LogP contribution in [0.25, 0.3) is 0 Å². The highest BCUT2D eigenvalue weighted by Crippen LogP contribution is 2.02. The first-order chi connectivity index (χ1) is 3.06. The highest BCUT2D eigenvalue weighted by molar-refractivity contribution is 5.85. The zero-order chi connectivity index (χ0) is 5.91. The van der Waals surface area contributed by atoms with E-state index in [-0.39, 0.29) is 17.9 Å². The van der Waals surface area contributed by atoms with Gasteiger partial charge in [-0.1, -0.05) is 0 Å². The number of hydrogen-bond donors (Lipinski definition) is 1. The molecule has 50 valence electrons. The summed E-state index contributed by atoms with van der Waals surface area (Å²) in [7, 11) is 0. The maximum atomic E-state index is 5.02. The third-order valence-corrected chi connectivity index (χ3v) is 0.462. The van der Waals surface area contributed by atoms with Crippen LogP contribution in [0.2, 0.25) is 0 Å². The molecule has 0 aliphatic rings. The fourth-order valence-electron chi connectivity index (χ4n) is 0.224. The quantitative estimate of drug-likeness (QED) is 0.394. The van der Waals surface area contributed by atoms with Gasteiger partial charge in [-0.2, -0.15) is 0 Å². The number of nitrogens with two attached hydrogens (primary N) is 1. The summed E-state index contributed by atoms with van der Waals surface area (Å²) < 4.78 is 0. The zero-order valence-corrected chi connectivity index (χ0v) is 6.33. The Morgan fingerprint density at radius 2 is 1.75 bits per heavy atom. The molecule has 0 fully saturated rings. The average molecular weight is 137 g/mol. The first-order valence-corrected chi connectivity index (χ1v) is 2.32. The molecule has 3 heteroatoms. The molecule has 0 unspecified atom stereocenters. The summed E-state index contributed by atoms with van der Waals surface area (Å²) >= 11 is 0. The molecule has 0 spiro atoms. The minimum atomic E-state index is -0.00521. The molecular weight excluding hydrogens is 124 g/mol. The molecule has 0 atom stereocenters. The number of hydrogen-bond acceptors (Lipinski definition) is 1. The number of rotatable bonds is 0. The van der Waals surface area contributed by atoms with Gasteiger partial charge in [0.05, 0.1) is 11.9 Å². The average Bonchev–Trinajstić information content (AvgIpc) is 1.30. The van der Waals surface area contributed by atoms with Crippen LogP contribution in [0, 0.1) is 0 Å². The summed E-state index contributed by atoms with van der Waals surface area (Å²) in [6.45, 7) is 5.99. The summed E-state index contributed by atoms with van der Waals surface area (Å²) in [5.74, 6) is 0. The van der Waals surface area contributed by atoms with Gasteiger partial charge in [0.15, 0.2) is 0 Å². The molecule has 2 nitrogen and oxygen atoms in total. The van der Waals surface area contributed by atoms with Gasteiger partial charge in [-0.05, 0) is 20.8 Å². The van der Waals surface area contributed by atoms with Crippen molar-refractivity contribution in [2.45, 2.75) is 26.3 Å². The van der Waals surface area contributed by atoms with Crippen molar-refractivity contribution in [1.82, 2.24) is 0 Å². The summed E-state index contributed by atoms with van der Waals surface area (Å²) in [5.41, 5.74) is 5.02. The van der Waals surface area contributed by atoms with Crippen LogP contribution in [0.1, 0.15) is 20.8 Å². The van der Waals surface area contributed by atoms with E-state index in [2.05, 4.69) is 4.99 Å². The van der Waals surface area contributed by atoms with Crippen LogP contribution in [-0.4, -0.2) is 11.9 Å². The van der Waals surface area contributed by atoms with E-state index in [1.54, 1.807) is 0 Å². The standard InChI is InChI=1S/C5H12N2.ClH/c1-5(2,3)7-4-6;/h4H,1-3H3,(H2,6,7);1H. The molecule has 0 radical (unpaired) electrons. The van der Waals surface area contributed by atoms with E-state index in [0.29, 0.717) is 0 Å². The van der Waals surface area contributed by atoms with Crippen LogP contribution in [0.4, 0.5) is 0 Å². The largest absolute Gasteiger partial charge is 0.390 e. The SMILES string of the molecule is CC(C)(C)N=CN.Cl. The maximum absolute atomic E-state index is 5.02. The van der Waals surface area contributed by atoms with E-state index in [9.17, 15) is 0 Å². The monoisotopic (exact) mass is 136 g/mol. The van der Waals surface area contributed by atoms with Gasteiger partial charge in [0.2, 0.25) is 0 Å². The molecule has 2 N–H and O–H groups in total. The molecule has 0 heterocycles. The molecule has 0 aliphatic heterocycles. The van der Waals surface area contributed by atoms with E-state index in [4.69, 9.17) is 5.73 Å². The van der Waals surface area contributed by atoms with Crippen LogP contribution in [0.3, 0.4) is 0 Å². The predicted molar refractivity (Wildman–Crippen MR) is 39.7 cm³/mol. The lowest BCUT2D eigenvalue weighted by Gasteiger charge is -2.08. The van der Waals surface area contributed by atoms with Gasteiger partial charge in [-0.3, -0.25) is 4.99 Å². The first-order valence-electron chi connectivity index (χ1n) is 2.32. The Balaban J connectivity index is 0. The van der Waals surface area contributed by atoms with Gasteiger partial charge in [-0.15, -0.1) is 12.4 Å². The molecule has 0 saturated carbocycles. The van der Waals surface area contributed by atoms with Crippen molar-refractivity contribution in [2.24, 2.45) is 10.7 Å². The second kappa shape index (κ2) is 3.72. The lowest BCUT2D eigenvalue weighted by atomic mass is 10.1. The Morgan fingerprint density at radius 3 is 1.75 bits per heavy atom. The molecule has 8 heavy (non-hydrogen) atoms. The minimum absolute atomic E-state index is 0. The second-order valence-corrected chi connectivity index (χ2v) is 2.45. The van der Waals surface area contributed by atoms with Crippen LogP contribution in [0.5, 0.6) is 0 Å². The van der Waals surface area contributed by atoms with Crippen molar-refractivity contribution in [3.63, 3.8) is 0 Å². The molecule has 0 aromatic heterocycles. The topological polar surface area (TPSA) is 38.4 Å². The summed E-state index contributed by atoms with van der Waals surface area (Å²) in [4.78, 5) is 3.91. The molecule has 0 amide bonds. The Hall–Kier alpha value is -0.240. The van der Waals surface area contributed by atoms with Crippen LogP contribution < -0.4 is 5.73 Å². The third-order valence-electron chi connectivity index (χ3n) is 0.462. The maximum Gasteiger partial charge on any atom is 0.0804 e. The Morgan fingerprint density at radius 1 is 1.38 bits per heavy atom. The molecule has 0 aromatic rings. The van der Waals surface area contributed by atoms with Gasteiger partial charge in [0, 0.05) is 0 Å². The predicted octanol–water partition coefficient (Wildman–Crippen LogP) is 1.19. The lowest BCUT2D eigenvalue weighted by Crippen LogP contribution is -2.11. The van der Waals surface area contributed by atoms with Gasteiger partial charge in [0.25, 0.3) is 0 Å². The molecule has 0 rings (SSSR count). The third kappa shape index (κ3) is 9.23. The van der Waals surface area contributed by atoms with Crippen molar-refractivity contribution in [1.29, 1.82) is 0 Å². The zero-order valence-electron chi connectivity index (χ0n) is 5.51. The van der Waals surface area contributed by atoms with Crippen LogP contribution in [0.15, 0.2) is 4.99 Å². The summed E-state index contributed by atoms with van der Waals surface area (Å²) in [6.07, 6.45) is 1.33. The summed E-state index contributed by atoms with van der Waals surface area (Å²) in [5, 5.41) is 0. The fourth-order valence-corrected chi connectivity index (χ4v) is 0.224. The Bertz CT molecular complexity index is 73.0. The van der Waals surface area contributed by atoms with Gasteiger partial charge >= 0.3 is 0 Å². The van der Waals surface area contributed by atoms with Gasteiger partial charge in [-0.25, -0.2) is 0 Å². The highest BCUT2D eigenvalue weighted by atomic mass is 35.5. The second-order valence-electron chi connectivity index (χ2n) is 2.45. The van der Waals surface area contributed by atoms with Crippen molar-refractivity contribution in [2.75, 3.05) is 0 Å². The Kier molecular flexibility index (Phi) is 4.98. The van der Waals surface area contributed by atoms with Crippen molar-refractivity contribution >= 4 is 18.7 Å². The van der Waals surface area contributed by atoms with E-state index in [0.717, 1.165) is 0 Å². The smallest absolute Gasteiger partial charge is 0.0804 e. The van der Waals surface area contributed by atoms with Gasteiger partial charge in [0.1, 0.15) is 0 Å². The van der Waals surface area contributed by atoms with Gasteiger partial charge < -0.3 is 5.73 Å². The van der Waals surface area contributed by atoms with Crippen molar-refractivity contribution < 1.29 is 0 Å². The van der Waals surface area contributed by atoms with Crippen LogP contribution in [-0.2, 0) is 0 Å². The first kappa shape index (κ1) is 10.7. The van der Waals surface area contributed by atoms with E-state index >= 15 is 0 Å². The summed E-state index contributed by atoms with van der Waals surface area (Å²) in [6, 6.07) is 0. The minimum Gasteiger partial charge on any atom is -0.390 e. The number of aliphatic imine (C=N–C) groups is 1. The molecule has 0 saturated heterocycles. The lowest BCUT2D eigenvalue weighted by molar-refractivity contribution is 0.586. The van der Waals surface area contributed by atoms with Crippen LogP contribution >= 0.6 is 12.4 Å². The van der Waals surface area contributed by atoms with Crippen molar-refractivity contribution in [3.8, 4) is 0 Å². The number of halogens is 1. The molecule has 0 bridgehead atoms. The van der Waals surface area contributed by atoms with Crippen molar-refractivity contribution in [3.05, 3.63) is 0 Å². The number of nitrogens with zero attached hydrogens (tertiary/aromatic N) is 1. The Labute approximate surface area is 56.6 Å².